The average molecular weight is 247 g/mol. The lowest BCUT2D eigenvalue weighted by atomic mass is 10.1. The summed E-state index contributed by atoms with van der Waals surface area (Å²) in [4.78, 5) is 19.0. The molecule has 1 aromatic carbocycles. The molecule has 5 heteroatoms. The van der Waals surface area contributed by atoms with Gasteiger partial charge in [-0.05, 0) is 38.5 Å². The van der Waals surface area contributed by atoms with Crippen molar-refractivity contribution in [1.29, 1.82) is 0 Å². The third-order valence-electron chi connectivity index (χ3n) is 2.67. The van der Waals surface area contributed by atoms with Crippen molar-refractivity contribution < 1.29 is 9.90 Å². The van der Waals surface area contributed by atoms with Gasteiger partial charge in [-0.1, -0.05) is 6.07 Å². The van der Waals surface area contributed by atoms with Gasteiger partial charge < -0.3 is 15.4 Å². The number of hydrogen-bond acceptors (Lipinski definition) is 3. The summed E-state index contributed by atoms with van der Waals surface area (Å²) < 4.78 is 0. The number of aromatic amines is 1. The molecule has 5 nitrogen and oxygen atoms in total. The Labute approximate surface area is 105 Å². The first-order valence-electron chi connectivity index (χ1n) is 5.82. The SMILES string of the molecule is Cc1nc2ccc(CNC(=O)C(C)(C)O)cc2[nH]1. The van der Waals surface area contributed by atoms with Gasteiger partial charge >= 0.3 is 0 Å². The van der Waals surface area contributed by atoms with Crippen LogP contribution in [0.5, 0.6) is 0 Å². The number of aromatic nitrogens is 2. The van der Waals surface area contributed by atoms with Crippen molar-refractivity contribution in [2.75, 3.05) is 0 Å². The first-order chi connectivity index (χ1) is 8.36. The van der Waals surface area contributed by atoms with Crippen LogP contribution in [0.25, 0.3) is 11.0 Å². The first kappa shape index (κ1) is 12.6. The predicted octanol–water partition coefficient (Wildman–Crippen LogP) is 1.26. The van der Waals surface area contributed by atoms with Gasteiger partial charge in [-0.25, -0.2) is 4.98 Å². The minimum atomic E-state index is -1.35. The number of nitrogens with one attached hydrogen (secondary N) is 2. The van der Waals surface area contributed by atoms with Crippen LogP contribution in [0, 0.1) is 6.92 Å². The van der Waals surface area contributed by atoms with Crippen LogP contribution in [0.2, 0.25) is 0 Å². The highest BCUT2D eigenvalue weighted by atomic mass is 16.3. The number of nitrogens with zero attached hydrogens (tertiary/aromatic N) is 1. The number of aryl methyl sites for hydroxylation is 1. The van der Waals surface area contributed by atoms with Crippen LogP contribution in [0.3, 0.4) is 0 Å². The molecule has 1 heterocycles. The van der Waals surface area contributed by atoms with Crippen LogP contribution in [-0.2, 0) is 11.3 Å². The minimum absolute atomic E-state index is 0.386. The van der Waals surface area contributed by atoms with Crippen LogP contribution < -0.4 is 5.32 Å². The number of carbonyl (C=O) groups is 1. The number of amides is 1. The summed E-state index contributed by atoms with van der Waals surface area (Å²) in [6.07, 6.45) is 0. The van der Waals surface area contributed by atoms with Crippen LogP contribution >= 0.6 is 0 Å². The molecule has 96 valence electrons. The van der Waals surface area contributed by atoms with Crippen molar-refractivity contribution in [1.82, 2.24) is 15.3 Å². The lowest BCUT2D eigenvalue weighted by Crippen LogP contribution is -2.41. The molecule has 2 rings (SSSR count). The Bertz CT molecular complexity index is 581. The molecule has 0 radical (unpaired) electrons. The number of aliphatic hydroxyl groups is 1. The lowest BCUT2D eigenvalue weighted by molar-refractivity contribution is -0.136. The van der Waals surface area contributed by atoms with E-state index in [9.17, 15) is 9.90 Å². The molecule has 0 saturated carbocycles. The molecule has 0 saturated heterocycles. The molecule has 0 spiro atoms. The number of H-pyrrole nitrogens is 1. The van der Waals surface area contributed by atoms with Gasteiger partial charge in [0.05, 0.1) is 11.0 Å². The van der Waals surface area contributed by atoms with Gasteiger partial charge in [-0.2, -0.15) is 0 Å². The molecule has 0 atom stereocenters. The molecule has 0 fully saturated rings. The fraction of sp³-hybridized carbons (Fsp3) is 0.385. The second kappa shape index (κ2) is 4.42. The number of benzene rings is 1. The Kier molecular flexibility index (Phi) is 3.09. The zero-order chi connectivity index (χ0) is 13.3. The van der Waals surface area contributed by atoms with E-state index in [2.05, 4.69) is 15.3 Å². The van der Waals surface area contributed by atoms with Crippen molar-refractivity contribution in [3.8, 4) is 0 Å². The maximum atomic E-state index is 11.5. The summed E-state index contributed by atoms with van der Waals surface area (Å²) in [5.74, 6) is 0.478. The van der Waals surface area contributed by atoms with Crippen LogP contribution in [0.1, 0.15) is 25.2 Å². The van der Waals surface area contributed by atoms with Crippen molar-refractivity contribution in [3.63, 3.8) is 0 Å². The van der Waals surface area contributed by atoms with E-state index in [1.165, 1.54) is 13.8 Å². The van der Waals surface area contributed by atoms with E-state index in [-0.39, 0.29) is 5.91 Å². The molecule has 0 aliphatic heterocycles. The van der Waals surface area contributed by atoms with Crippen LogP contribution in [0.15, 0.2) is 18.2 Å². The molecular formula is C13H17N3O2. The topological polar surface area (TPSA) is 78.0 Å². The van der Waals surface area contributed by atoms with E-state index in [0.717, 1.165) is 22.4 Å². The third kappa shape index (κ3) is 2.68. The fourth-order valence-electron chi connectivity index (χ4n) is 1.69. The highest BCUT2D eigenvalue weighted by Crippen LogP contribution is 2.13. The Balaban J connectivity index is 2.10. The normalized spacial score (nSPS) is 11.8. The number of imidazole rings is 1. The molecule has 0 unspecified atom stereocenters. The molecule has 1 aromatic heterocycles. The molecule has 3 N–H and O–H groups in total. The Morgan fingerprint density at radius 2 is 2.22 bits per heavy atom. The van der Waals surface area contributed by atoms with Gasteiger partial charge in [-0.3, -0.25) is 4.79 Å². The monoisotopic (exact) mass is 247 g/mol. The molecule has 1 amide bonds. The molecule has 0 aliphatic carbocycles. The van der Waals surface area contributed by atoms with E-state index in [0.29, 0.717) is 6.54 Å². The largest absolute Gasteiger partial charge is 0.381 e. The zero-order valence-corrected chi connectivity index (χ0v) is 10.7. The van der Waals surface area contributed by atoms with Gasteiger partial charge in [-0.15, -0.1) is 0 Å². The van der Waals surface area contributed by atoms with Crippen molar-refractivity contribution in [2.24, 2.45) is 0 Å². The van der Waals surface area contributed by atoms with Gasteiger partial charge in [0.1, 0.15) is 11.4 Å². The van der Waals surface area contributed by atoms with E-state index < -0.39 is 5.60 Å². The highest BCUT2D eigenvalue weighted by Gasteiger charge is 2.22. The standard InChI is InChI=1S/C13H17N3O2/c1-8-15-10-5-4-9(6-11(10)16-8)7-14-12(17)13(2,3)18/h4-6,18H,7H2,1-3H3,(H,14,17)(H,15,16). The Morgan fingerprint density at radius 3 is 2.89 bits per heavy atom. The summed E-state index contributed by atoms with van der Waals surface area (Å²) in [7, 11) is 0. The second-order valence-corrected chi connectivity index (χ2v) is 4.92. The van der Waals surface area contributed by atoms with Gasteiger partial charge in [0.2, 0.25) is 0 Å². The molecule has 0 bridgehead atoms. The van der Waals surface area contributed by atoms with Crippen molar-refractivity contribution in [3.05, 3.63) is 29.6 Å². The average Bonchev–Trinajstić information content (AvgIpc) is 2.63. The molecular weight excluding hydrogens is 230 g/mol. The Morgan fingerprint density at radius 1 is 1.50 bits per heavy atom. The van der Waals surface area contributed by atoms with Crippen molar-refractivity contribution >= 4 is 16.9 Å². The molecule has 2 aromatic rings. The van der Waals surface area contributed by atoms with E-state index >= 15 is 0 Å². The van der Waals surface area contributed by atoms with E-state index in [1.807, 2.05) is 25.1 Å². The summed E-state index contributed by atoms with van der Waals surface area (Å²) in [6.45, 7) is 5.21. The highest BCUT2D eigenvalue weighted by molar-refractivity contribution is 5.84. The van der Waals surface area contributed by atoms with Crippen LogP contribution in [-0.4, -0.2) is 26.6 Å². The number of hydrogen-bond donors (Lipinski definition) is 3. The van der Waals surface area contributed by atoms with Crippen LogP contribution in [0.4, 0.5) is 0 Å². The Hall–Kier alpha value is -1.88. The maximum absolute atomic E-state index is 11.5. The van der Waals surface area contributed by atoms with E-state index in [4.69, 9.17) is 0 Å². The molecule has 0 aliphatic rings. The second-order valence-electron chi connectivity index (χ2n) is 4.92. The summed E-state index contributed by atoms with van der Waals surface area (Å²) in [5.41, 5.74) is 1.46. The lowest BCUT2D eigenvalue weighted by Gasteiger charge is -2.16. The number of rotatable bonds is 3. The smallest absolute Gasteiger partial charge is 0.251 e. The summed E-state index contributed by atoms with van der Waals surface area (Å²) >= 11 is 0. The van der Waals surface area contributed by atoms with Gasteiger partial charge in [0.15, 0.2) is 0 Å². The van der Waals surface area contributed by atoms with E-state index in [1.54, 1.807) is 0 Å². The maximum Gasteiger partial charge on any atom is 0.251 e. The number of carbonyl (C=O) groups excluding carboxylic acids is 1. The third-order valence-corrected chi connectivity index (χ3v) is 2.67. The van der Waals surface area contributed by atoms with Gasteiger partial charge in [0, 0.05) is 6.54 Å². The number of fused-ring (bicyclic) bond motifs is 1. The zero-order valence-electron chi connectivity index (χ0n) is 10.7. The predicted molar refractivity (Wildman–Crippen MR) is 69.0 cm³/mol. The van der Waals surface area contributed by atoms with Crippen molar-refractivity contribution in [2.45, 2.75) is 32.9 Å². The molecule has 18 heavy (non-hydrogen) atoms. The summed E-state index contributed by atoms with van der Waals surface area (Å²) in [6, 6.07) is 5.76. The summed E-state index contributed by atoms with van der Waals surface area (Å²) in [5, 5.41) is 12.2. The first-order valence-corrected chi connectivity index (χ1v) is 5.82. The fourth-order valence-corrected chi connectivity index (χ4v) is 1.69. The minimum Gasteiger partial charge on any atom is -0.381 e. The van der Waals surface area contributed by atoms with Gasteiger partial charge in [0.25, 0.3) is 5.91 Å². The quantitative estimate of drug-likeness (QED) is 0.764.